The largest absolute Gasteiger partial charge is 0.433 e. The Morgan fingerprint density at radius 3 is 2.33 bits per heavy atom. The van der Waals surface area contributed by atoms with Gasteiger partial charge in [-0.1, -0.05) is 0 Å². The minimum absolute atomic E-state index is 0.0907. The number of fused-ring (bicyclic) bond motifs is 1. The third kappa shape index (κ3) is 3.34. The zero-order valence-corrected chi connectivity index (χ0v) is 12.7. The third-order valence-corrected chi connectivity index (χ3v) is 3.09. The van der Waals surface area contributed by atoms with Crippen LogP contribution < -0.4 is 9.64 Å². The van der Waals surface area contributed by atoms with Crippen molar-refractivity contribution in [1.82, 2.24) is 19.9 Å². The summed E-state index contributed by atoms with van der Waals surface area (Å²) in [5.41, 5.74) is 0.121. The van der Waals surface area contributed by atoms with E-state index >= 15 is 0 Å². The van der Waals surface area contributed by atoms with Crippen LogP contribution in [0.2, 0.25) is 0 Å². The molecule has 0 saturated carbocycles. The Morgan fingerprint density at radius 2 is 1.67 bits per heavy atom. The van der Waals surface area contributed by atoms with Crippen molar-refractivity contribution in [2.45, 2.75) is 6.18 Å². The number of alkyl halides is 3. The summed E-state index contributed by atoms with van der Waals surface area (Å²) >= 11 is 0. The van der Waals surface area contributed by atoms with Crippen LogP contribution in [-0.2, 0) is 6.18 Å². The minimum atomic E-state index is -4.60. The molecule has 0 amide bonds. The zero-order chi connectivity index (χ0) is 17.3. The number of hydrogen-bond donors (Lipinski definition) is 0. The van der Waals surface area contributed by atoms with Crippen LogP contribution in [0, 0.1) is 0 Å². The van der Waals surface area contributed by atoms with Crippen molar-refractivity contribution < 1.29 is 17.9 Å². The molecule has 0 atom stereocenters. The number of anilines is 1. The third-order valence-electron chi connectivity index (χ3n) is 3.09. The number of hydrogen-bond acceptors (Lipinski definition) is 6. The topological polar surface area (TPSA) is 64.0 Å². The Bertz CT molecular complexity index is 882. The fourth-order valence-electron chi connectivity index (χ4n) is 1.94. The second-order valence-corrected chi connectivity index (χ2v) is 5.10. The molecule has 24 heavy (non-hydrogen) atoms. The lowest BCUT2D eigenvalue weighted by Crippen LogP contribution is -2.16. The van der Waals surface area contributed by atoms with Gasteiger partial charge in [0.05, 0.1) is 11.0 Å². The van der Waals surface area contributed by atoms with Gasteiger partial charge in [-0.2, -0.15) is 23.1 Å². The van der Waals surface area contributed by atoms with Gasteiger partial charge < -0.3 is 9.64 Å². The van der Waals surface area contributed by atoms with E-state index in [1.54, 1.807) is 38.5 Å². The summed E-state index contributed by atoms with van der Waals surface area (Å²) in [6.45, 7) is 0. The van der Waals surface area contributed by atoms with E-state index in [9.17, 15) is 13.2 Å². The van der Waals surface area contributed by atoms with Crippen LogP contribution in [0.25, 0.3) is 11.0 Å². The van der Waals surface area contributed by atoms with Gasteiger partial charge in [-0.25, -0.2) is 0 Å². The molecule has 2 aromatic heterocycles. The Morgan fingerprint density at radius 1 is 0.958 bits per heavy atom. The van der Waals surface area contributed by atoms with Gasteiger partial charge in [0, 0.05) is 38.6 Å². The first-order valence-electron chi connectivity index (χ1n) is 6.85. The lowest BCUT2D eigenvalue weighted by Gasteiger charge is -2.15. The second-order valence-electron chi connectivity index (χ2n) is 5.10. The van der Waals surface area contributed by atoms with Crippen LogP contribution in [0.15, 0.2) is 36.7 Å². The number of rotatable bonds is 3. The molecule has 0 fully saturated rings. The first-order valence-corrected chi connectivity index (χ1v) is 6.85. The quantitative estimate of drug-likeness (QED) is 0.732. The van der Waals surface area contributed by atoms with Gasteiger partial charge in [-0.15, -0.1) is 0 Å². The van der Waals surface area contributed by atoms with Crippen molar-refractivity contribution >= 4 is 16.9 Å². The molecule has 3 rings (SSSR count). The van der Waals surface area contributed by atoms with Crippen LogP contribution in [0.5, 0.6) is 11.8 Å². The lowest BCUT2D eigenvalue weighted by molar-refractivity contribution is -0.141. The Hall–Kier alpha value is -2.97. The summed E-state index contributed by atoms with van der Waals surface area (Å²) in [6, 6.07) is 5.24. The molecule has 0 aliphatic rings. The van der Waals surface area contributed by atoms with Gasteiger partial charge in [0.15, 0.2) is 5.69 Å². The van der Waals surface area contributed by atoms with E-state index in [4.69, 9.17) is 4.74 Å². The normalized spacial score (nSPS) is 11.5. The summed E-state index contributed by atoms with van der Waals surface area (Å²) in [6.07, 6.45) is -1.54. The van der Waals surface area contributed by atoms with Gasteiger partial charge in [0.2, 0.25) is 0 Å². The monoisotopic (exact) mass is 335 g/mol. The Kier molecular flexibility index (Phi) is 3.92. The van der Waals surface area contributed by atoms with Gasteiger partial charge in [-0.05, 0) is 12.1 Å². The maximum absolute atomic E-state index is 13.0. The summed E-state index contributed by atoms with van der Waals surface area (Å²) in [7, 11) is 3.16. The van der Waals surface area contributed by atoms with Crippen molar-refractivity contribution in [1.29, 1.82) is 0 Å². The SMILES string of the molecule is CN(C)c1cc(C(F)(F)F)nc(Oc2ccc3nccnc3c2)n1. The highest BCUT2D eigenvalue weighted by Gasteiger charge is 2.34. The highest BCUT2D eigenvalue weighted by Crippen LogP contribution is 2.32. The second kappa shape index (κ2) is 5.91. The van der Waals surface area contributed by atoms with Gasteiger partial charge in [0.1, 0.15) is 11.6 Å². The molecule has 124 valence electrons. The molecular weight excluding hydrogens is 323 g/mol. The first-order chi connectivity index (χ1) is 11.3. The molecule has 0 bridgehead atoms. The van der Waals surface area contributed by atoms with E-state index in [1.165, 1.54) is 11.1 Å². The van der Waals surface area contributed by atoms with E-state index in [2.05, 4.69) is 19.9 Å². The van der Waals surface area contributed by atoms with E-state index in [-0.39, 0.29) is 11.6 Å². The van der Waals surface area contributed by atoms with Crippen molar-refractivity contribution in [2.75, 3.05) is 19.0 Å². The van der Waals surface area contributed by atoms with Gasteiger partial charge in [0.25, 0.3) is 0 Å². The number of ether oxygens (including phenoxy) is 1. The van der Waals surface area contributed by atoms with E-state index in [0.717, 1.165) is 6.07 Å². The zero-order valence-electron chi connectivity index (χ0n) is 12.7. The standard InChI is InChI=1S/C15H12F3N5O/c1-23(2)13-8-12(15(16,17)18)21-14(22-13)24-9-3-4-10-11(7-9)20-6-5-19-10/h3-8H,1-2H3. The Labute approximate surface area is 135 Å². The van der Waals surface area contributed by atoms with Crippen LogP contribution in [0.1, 0.15) is 5.69 Å². The van der Waals surface area contributed by atoms with Crippen LogP contribution in [-0.4, -0.2) is 34.0 Å². The number of aromatic nitrogens is 4. The molecule has 0 unspecified atom stereocenters. The molecule has 0 aliphatic heterocycles. The number of nitrogens with zero attached hydrogens (tertiary/aromatic N) is 5. The highest BCUT2D eigenvalue weighted by atomic mass is 19.4. The van der Waals surface area contributed by atoms with Crippen molar-refractivity contribution in [3.8, 4) is 11.8 Å². The predicted octanol–water partition coefficient (Wildman–Crippen LogP) is 3.30. The molecule has 0 radical (unpaired) electrons. The van der Waals surface area contributed by atoms with Gasteiger partial charge >= 0.3 is 12.2 Å². The van der Waals surface area contributed by atoms with E-state index in [1.807, 2.05) is 0 Å². The lowest BCUT2D eigenvalue weighted by atomic mass is 10.3. The van der Waals surface area contributed by atoms with Gasteiger partial charge in [-0.3, -0.25) is 9.97 Å². The molecule has 0 saturated heterocycles. The summed E-state index contributed by atoms with van der Waals surface area (Å²) in [5, 5.41) is 0. The molecule has 1 aromatic carbocycles. The predicted molar refractivity (Wildman–Crippen MR) is 81.0 cm³/mol. The van der Waals surface area contributed by atoms with Crippen molar-refractivity contribution in [2.24, 2.45) is 0 Å². The van der Waals surface area contributed by atoms with Crippen molar-refractivity contribution in [3.05, 3.63) is 42.4 Å². The fourth-order valence-corrected chi connectivity index (χ4v) is 1.94. The van der Waals surface area contributed by atoms with Crippen molar-refractivity contribution in [3.63, 3.8) is 0 Å². The summed E-state index contributed by atoms with van der Waals surface area (Å²) in [5.74, 6) is 0.361. The molecule has 0 N–H and O–H groups in total. The molecule has 2 heterocycles. The Balaban J connectivity index is 1.99. The molecular formula is C15H12F3N5O. The fraction of sp³-hybridized carbons (Fsp3) is 0.200. The average Bonchev–Trinajstić information content (AvgIpc) is 2.53. The minimum Gasteiger partial charge on any atom is -0.424 e. The smallest absolute Gasteiger partial charge is 0.424 e. The molecule has 0 aliphatic carbocycles. The number of halogens is 3. The highest BCUT2D eigenvalue weighted by molar-refractivity contribution is 5.75. The molecule has 0 spiro atoms. The maximum atomic E-state index is 13.0. The van der Waals surface area contributed by atoms with Crippen LogP contribution in [0.4, 0.5) is 19.0 Å². The number of benzene rings is 1. The first kappa shape index (κ1) is 15.9. The molecule has 6 nitrogen and oxygen atoms in total. The van der Waals surface area contributed by atoms with Crippen LogP contribution in [0.3, 0.4) is 0 Å². The van der Waals surface area contributed by atoms with Crippen LogP contribution >= 0.6 is 0 Å². The maximum Gasteiger partial charge on any atom is 0.433 e. The molecule has 3 aromatic rings. The molecule has 9 heteroatoms. The summed E-state index contributed by atoms with van der Waals surface area (Å²) in [4.78, 5) is 17.1. The van der Waals surface area contributed by atoms with E-state index in [0.29, 0.717) is 11.0 Å². The summed E-state index contributed by atoms with van der Waals surface area (Å²) < 4.78 is 44.3. The average molecular weight is 335 g/mol. The van der Waals surface area contributed by atoms with E-state index < -0.39 is 17.9 Å².